The molecule has 6 rings (SSSR count). The maximum atomic E-state index is 12.3. The molecule has 306 valence electrons. The standard InChI is InChI=1S/C39H44N2O9S3.O3S/c1-38(2)34(40(23-7-9-25-51(42,43)44)31-21-19-27-13-5-6-14-28(27)36(31)38)17-12-18-35-39(3,4)37-30-15-11-16-33(53(48,49)50)29(30)20-22-32(37)41(35)24-8-10-26-52(45,46)47;1-4(2)3/h5-6,11-22H,7-10,23-26H2,1-4H3,(H2-,42,43,44,45,46,47,48,49,50);. The second-order valence-corrected chi connectivity index (χ2v) is 19.9. The Morgan fingerprint density at radius 3 is 2.04 bits per heavy atom. The lowest BCUT2D eigenvalue weighted by molar-refractivity contribution is -0.438. The zero-order valence-electron chi connectivity index (χ0n) is 31.7. The van der Waals surface area contributed by atoms with E-state index in [-0.39, 0.29) is 23.5 Å². The Kier molecular flexibility index (Phi) is 12.7. The molecule has 0 bridgehead atoms. The van der Waals surface area contributed by atoms with Crippen molar-refractivity contribution in [3.63, 3.8) is 0 Å². The van der Waals surface area contributed by atoms with Gasteiger partial charge in [-0.3, -0.25) is 9.11 Å². The summed E-state index contributed by atoms with van der Waals surface area (Å²) in [6.07, 6.45) is 7.43. The summed E-state index contributed by atoms with van der Waals surface area (Å²) in [7, 11) is -16.1. The van der Waals surface area contributed by atoms with Crippen molar-refractivity contribution >= 4 is 79.6 Å². The zero-order chi connectivity index (χ0) is 42.1. The molecule has 0 fully saturated rings. The molecule has 0 unspecified atom stereocenters. The van der Waals surface area contributed by atoms with Crippen molar-refractivity contribution in [1.82, 2.24) is 0 Å². The molecule has 0 aromatic heterocycles. The molecule has 0 radical (unpaired) electrons. The molecule has 4 aromatic rings. The van der Waals surface area contributed by atoms with Crippen molar-refractivity contribution in [3.8, 4) is 0 Å². The number of benzene rings is 4. The summed E-state index contributed by atoms with van der Waals surface area (Å²) in [5, 5.41) is 3.27. The van der Waals surface area contributed by atoms with E-state index in [1.54, 1.807) is 12.1 Å². The number of anilines is 1. The van der Waals surface area contributed by atoms with Crippen molar-refractivity contribution in [1.29, 1.82) is 0 Å². The first kappa shape index (κ1) is 43.8. The summed E-state index contributed by atoms with van der Waals surface area (Å²) >= 11 is 0. The van der Waals surface area contributed by atoms with Gasteiger partial charge in [0, 0.05) is 58.6 Å². The second-order valence-electron chi connectivity index (χ2n) is 15.0. The highest BCUT2D eigenvalue weighted by Gasteiger charge is 2.46. The molecule has 57 heavy (non-hydrogen) atoms. The van der Waals surface area contributed by atoms with Crippen molar-refractivity contribution in [3.05, 3.63) is 102 Å². The van der Waals surface area contributed by atoms with Crippen LogP contribution in [-0.4, -0.2) is 86.4 Å². The molecule has 2 aliphatic rings. The van der Waals surface area contributed by atoms with Crippen LogP contribution in [-0.2, 0) is 51.8 Å². The first-order valence-corrected chi connectivity index (χ1v) is 23.6. The average Bonchev–Trinajstić information content (AvgIpc) is 3.45. The highest BCUT2D eigenvalue weighted by molar-refractivity contribution is 7.86. The molecule has 0 saturated heterocycles. The molecule has 0 atom stereocenters. The quantitative estimate of drug-likeness (QED) is 0.0917. The molecule has 18 heteroatoms. The van der Waals surface area contributed by atoms with Crippen LogP contribution in [0.2, 0.25) is 0 Å². The van der Waals surface area contributed by atoms with Gasteiger partial charge in [0.25, 0.3) is 20.2 Å². The van der Waals surface area contributed by atoms with Crippen LogP contribution in [0.1, 0.15) is 64.5 Å². The Morgan fingerprint density at radius 2 is 1.39 bits per heavy atom. The van der Waals surface area contributed by atoms with Gasteiger partial charge in [0.05, 0.1) is 21.3 Å². The molecule has 0 amide bonds. The third-order valence-corrected chi connectivity index (χ3v) is 13.0. The van der Waals surface area contributed by atoms with E-state index in [1.807, 2.05) is 50.3 Å². The minimum Gasteiger partial charge on any atom is -0.748 e. The molecule has 4 aromatic carbocycles. The Bertz CT molecular complexity index is 2790. The fourth-order valence-electron chi connectivity index (χ4n) is 8.17. The number of fused-ring (bicyclic) bond motifs is 6. The number of nitrogens with zero attached hydrogens (tertiary/aromatic N) is 2. The Balaban J connectivity index is 0.00000148. The smallest absolute Gasteiger partial charge is 0.425 e. The summed E-state index contributed by atoms with van der Waals surface area (Å²) in [5.74, 6) is -0.799. The molecule has 14 nitrogen and oxygen atoms in total. The van der Waals surface area contributed by atoms with E-state index in [0.717, 1.165) is 44.7 Å². The van der Waals surface area contributed by atoms with Crippen molar-refractivity contribution in [2.45, 2.75) is 69.1 Å². The molecule has 0 saturated carbocycles. The summed E-state index contributed by atoms with van der Waals surface area (Å²) in [6, 6.07) is 20.6. The maximum Gasteiger partial charge on any atom is 0.425 e. The molecular weight excluding hydrogens is 817 g/mol. The van der Waals surface area contributed by atoms with Crippen molar-refractivity contribution in [2.75, 3.05) is 29.5 Å². The fraction of sp³-hybridized carbons (Fsp3) is 0.359. The highest BCUT2D eigenvalue weighted by Crippen LogP contribution is 2.51. The Labute approximate surface area is 334 Å². The molecule has 0 aliphatic carbocycles. The average molecular weight is 861 g/mol. The van der Waals surface area contributed by atoms with Crippen molar-refractivity contribution in [2.24, 2.45) is 0 Å². The van der Waals surface area contributed by atoms with Gasteiger partial charge in [-0.05, 0) is 79.1 Å². The number of rotatable bonds is 13. The van der Waals surface area contributed by atoms with Crippen LogP contribution in [0.25, 0.3) is 21.5 Å². The molecule has 2 N–H and O–H groups in total. The SMILES string of the molecule is CC1(C)C(/C=C/C=C2\N(CCCCS(=O)(=O)[O-])c3ccc4ccccc4c3C2(C)C)=[N+](CCCCS(=O)(=O)O)c2ccc3c(S(=O)(=O)O)cccc3c21.O=S(=O)=O. The highest BCUT2D eigenvalue weighted by atomic mass is 32.2. The summed E-state index contributed by atoms with van der Waals surface area (Å²) < 4.78 is 128. The number of unbranched alkanes of at least 4 members (excludes halogenated alkanes) is 2. The van der Waals surface area contributed by atoms with E-state index in [9.17, 15) is 38.9 Å². The predicted octanol–water partition coefficient (Wildman–Crippen LogP) is 5.84. The molecule has 2 heterocycles. The van der Waals surface area contributed by atoms with Crippen LogP contribution in [0.5, 0.6) is 0 Å². The number of allylic oxidation sites excluding steroid dienone is 4. The van der Waals surface area contributed by atoms with Crippen LogP contribution in [0.4, 0.5) is 11.4 Å². The lowest BCUT2D eigenvalue weighted by Crippen LogP contribution is -2.28. The van der Waals surface area contributed by atoms with E-state index >= 15 is 0 Å². The van der Waals surface area contributed by atoms with Crippen LogP contribution in [0, 0.1) is 0 Å². The van der Waals surface area contributed by atoms with Crippen molar-refractivity contribution < 1.29 is 56.1 Å². The zero-order valence-corrected chi connectivity index (χ0v) is 35.0. The van der Waals surface area contributed by atoms with Gasteiger partial charge in [-0.1, -0.05) is 62.4 Å². The number of hydrogen-bond donors (Lipinski definition) is 2. The third-order valence-electron chi connectivity index (χ3n) is 10.4. The first-order chi connectivity index (χ1) is 26.4. The predicted molar refractivity (Wildman–Crippen MR) is 217 cm³/mol. The number of hydrogen-bond acceptors (Lipinski definition) is 11. The monoisotopic (exact) mass is 860 g/mol. The third kappa shape index (κ3) is 9.71. The minimum atomic E-state index is -4.51. The van der Waals surface area contributed by atoms with E-state index in [2.05, 4.69) is 53.7 Å². The summed E-state index contributed by atoms with van der Waals surface area (Å²) in [5.41, 5.74) is 4.59. The normalized spacial score (nSPS) is 17.0. The summed E-state index contributed by atoms with van der Waals surface area (Å²) in [6.45, 7) is 9.30. The molecular formula is C39H44N2O12S4. The van der Waals surface area contributed by atoms with E-state index in [0.29, 0.717) is 36.7 Å². The van der Waals surface area contributed by atoms with Gasteiger partial charge in [-0.2, -0.15) is 21.4 Å². The van der Waals surface area contributed by atoms with Gasteiger partial charge in [0.1, 0.15) is 11.4 Å². The van der Waals surface area contributed by atoms with E-state index < -0.39 is 57.5 Å². The fourth-order valence-corrected chi connectivity index (χ4v) is 10.0. The van der Waals surface area contributed by atoms with Crippen LogP contribution in [0.15, 0.2) is 95.6 Å². The molecule has 2 aliphatic heterocycles. The van der Waals surface area contributed by atoms with Gasteiger partial charge in [-0.15, -0.1) is 12.6 Å². The first-order valence-electron chi connectivity index (χ1n) is 18.0. The van der Waals surface area contributed by atoms with E-state index in [4.69, 9.17) is 12.6 Å². The molecule has 0 spiro atoms. The Hall–Kier alpha value is -4.30. The van der Waals surface area contributed by atoms with Gasteiger partial charge in [-0.25, -0.2) is 8.42 Å². The second kappa shape index (κ2) is 16.5. The maximum absolute atomic E-state index is 12.3. The van der Waals surface area contributed by atoms with Crippen LogP contribution in [0.3, 0.4) is 0 Å². The topological polar surface area (TPSA) is 223 Å². The van der Waals surface area contributed by atoms with Crippen LogP contribution >= 0.6 is 0 Å². The lowest BCUT2D eigenvalue weighted by Gasteiger charge is -2.27. The van der Waals surface area contributed by atoms with Gasteiger partial charge < -0.3 is 9.45 Å². The minimum absolute atomic E-state index is 0.189. The largest absolute Gasteiger partial charge is 0.748 e. The summed E-state index contributed by atoms with van der Waals surface area (Å²) in [4.78, 5) is 2.01. The van der Waals surface area contributed by atoms with Gasteiger partial charge in [0.2, 0.25) is 5.69 Å². The van der Waals surface area contributed by atoms with E-state index in [1.165, 1.54) is 6.07 Å². The van der Waals surface area contributed by atoms with Gasteiger partial charge in [0.15, 0.2) is 5.71 Å². The Morgan fingerprint density at radius 1 is 0.737 bits per heavy atom. The van der Waals surface area contributed by atoms with Crippen LogP contribution < -0.4 is 4.90 Å². The van der Waals surface area contributed by atoms with Gasteiger partial charge >= 0.3 is 10.6 Å². The lowest BCUT2D eigenvalue weighted by atomic mass is 9.79.